The van der Waals surface area contributed by atoms with Crippen LogP contribution < -0.4 is 11.1 Å². The highest BCUT2D eigenvalue weighted by atomic mass is 32.2. The second-order valence-electron chi connectivity index (χ2n) is 4.03. The lowest BCUT2D eigenvalue weighted by molar-refractivity contribution is 0.100. The first kappa shape index (κ1) is 13.5. The number of rotatable bonds is 3. The molecule has 2 rings (SSSR count). The third-order valence-corrected chi connectivity index (χ3v) is 6.07. The number of primary amides is 1. The Labute approximate surface area is 110 Å². The highest BCUT2D eigenvalue weighted by Gasteiger charge is 2.27. The molecule has 1 fully saturated rings. The Morgan fingerprint density at radius 1 is 1.39 bits per heavy atom. The van der Waals surface area contributed by atoms with Gasteiger partial charge in [-0.25, -0.2) is 8.42 Å². The van der Waals surface area contributed by atoms with Gasteiger partial charge in [-0.05, 0) is 19.0 Å². The highest BCUT2D eigenvalue weighted by molar-refractivity contribution is 7.91. The maximum Gasteiger partial charge on any atom is 0.252 e. The number of carbonyl (C=O) groups excluding carboxylic acids is 1. The minimum Gasteiger partial charge on any atom is -0.366 e. The zero-order valence-corrected chi connectivity index (χ0v) is 11.4. The van der Waals surface area contributed by atoms with E-state index >= 15 is 0 Å². The Hall–Kier alpha value is -0.960. The normalized spacial score (nSPS) is 18.4. The maximum absolute atomic E-state index is 12.3. The number of thiophene rings is 1. The number of hydrogen-bond donors (Lipinski definition) is 2. The molecule has 1 aromatic rings. The van der Waals surface area contributed by atoms with E-state index in [0.717, 1.165) is 24.3 Å². The second kappa shape index (κ2) is 5.35. The number of carbonyl (C=O) groups is 1. The molecule has 0 spiro atoms. The summed E-state index contributed by atoms with van der Waals surface area (Å²) < 4.78 is 26.3. The number of nitrogens with one attached hydrogen (secondary N) is 1. The molecule has 0 radical (unpaired) electrons. The number of nitrogens with zero attached hydrogens (tertiary/aromatic N) is 1. The molecule has 0 saturated carbocycles. The van der Waals surface area contributed by atoms with Crippen LogP contribution in [0.4, 0.5) is 0 Å². The SMILES string of the molecule is NC(=O)c1csc(S(=O)(=O)N2CCCNCC2)c1. The van der Waals surface area contributed by atoms with Crippen LogP contribution in [0.2, 0.25) is 0 Å². The molecule has 2 heterocycles. The van der Waals surface area contributed by atoms with Crippen molar-refractivity contribution in [3.63, 3.8) is 0 Å². The van der Waals surface area contributed by atoms with Gasteiger partial charge in [-0.15, -0.1) is 11.3 Å². The van der Waals surface area contributed by atoms with Crippen LogP contribution in [0.1, 0.15) is 16.8 Å². The van der Waals surface area contributed by atoms with Gasteiger partial charge >= 0.3 is 0 Å². The van der Waals surface area contributed by atoms with Crippen LogP contribution in [0.15, 0.2) is 15.7 Å². The van der Waals surface area contributed by atoms with E-state index in [2.05, 4.69) is 5.32 Å². The van der Waals surface area contributed by atoms with Gasteiger partial charge < -0.3 is 11.1 Å². The number of sulfonamides is 1. The summed E-state index contributed by atoms with van der Waals surface area (Å²) in [6, 6.07) is 1.35. The van der Waals surface area contributed by atoms with Gasteiger partial charge in [0.25, 0.3) is 10.0 Å². The summed E-state index contributed by atoms with van der Waals surface area (Å²) in [5, 5.41) is 4.62. The van der Waals surface area contributed by atoms with Crippen LogP contribution in [0.5, 0.6) is 0 Å². The van der Waals surface area contributed by atoms with Gasteiger partial charge in [0.15, 0.2) is 0 Å². The van der Waals surface area contributed by atoms with Crippen molar-refractivity contribution in [1.29, 1.82) is 0 Å². The van der Waals surface area contributed by atoms with Crippen molar-refractivity contribution in [3.05, 3.63) is 17.0 Å². The van der Waals surface area contributed by atoms with Crippen molar-refractivity contribution < 1.29 is 13.2 Å². The standard InChI is InChI=1S/C10H15N3O3S2/c11-10(14)8-6-9(17-7-8)18(15,16)13-4-1-2-12-3-5-13/h6-7,12H,1-5H2,(H2,11,14). The van der Waals surface area contributed by atoms with E-state index in [0.29, 0.717) is 19.6 Å². The van der Waals surface area contributed by atoms with E-state index in [1.807, 2.05) is 0 Å². The van der Waals surface area contributed by atoms with E-state index < -0.39 is 15.9 Å². The third kappa shape index (κ3) is 2.72. The molecular formula is C10H15N3O3S2. The molecule has 3 N–H and O–H groups in total. The summed E-state index contributed by atoms with van der Waals surface area (Å²) in [5.74, 6) is -0.606. The van der Waals surface area contributed by atoms with Gasteiger partial charge in [-0.2, -0.15) is 4.31 Å². The first-order chi connectivity index (χ1) is 8.51. The molecule has 18 heavy (non-hydrogen) atoms. The lowest BCUT2D eigenvalue weighted by Gasteiger charge is -2.18. The topological polar surface area (TPSA) is 92.5 Å². The minimum atomic E-state index is -3.49. The Bertz CT molecular complexity index is 530. The van der Waals surface area contributed by atoms with Crippen molar-refractivity contribution in [2.75, 3.05) is 26.2 Å². The summed E-state index contributed by atoms with van der Waals surface area (Å²) in [6.45, 7) is 2.42. The predicted molar refractivity (Wildman–Crippen MR) is 69.1 cm³/mol. The van der Waals surface area contributed by atoms with Crippen LogP contribution in [0.3, 0.4) is 0 Å². The van der Waals surface area contributed by atoms with Crippen molar-refractivity contribution in [2.45, 2.75) is 10.6 Å². The fourth-order valence-corrected chi connectivity index (χ4v) is 4.57. The lowest BCUT2D eigenvalue weighted by Crippen LogP contribution is -2.33. The summed E-state index contributed by atoms with van der Waals surface area (Å²) in [4.78, 5) is 11.0. The van der Waals surface area contributed by atoms with Gasteiger partial charge in [-0.1, -0.05) is 0 Å². The smallest absolute Gasteiger partial charge is 0.252 e. The van der Waals surface area contributed by atoms with E-state index in [-0.39, 0.29) is 9.77 Å². The molecular weight excluding hydrogens is 274 g/mol. The molecule has 1 aliphatic heterocycles. The Kier molecular flexibility index (Phi) is 4.00. The van der Waals surface area contributed by atoms with E-state index in [4.69, 9.17) is 5.73 Å². The molecule has 1 amide bonds. The third-order valence-electron chi connectivity index (χ3n) is 2.75. The molecule has 1 aromatic heterocycles. The van der Waals surface area contributed by atoms with Gasteiger partial charge in [0.05, 0.1) is 5.56 Å². The molecule has 100 valence electrons. The number of nitrogens with two attached hydrogens (primary N) is 1. The fraction of sp³-hybridized carbons (Fsp3) is 0.500. The van der Waals surface area contributed by atoms with Crippen LogP contribution in [-0.2, 0) is 10.0 Å². The van der Waals surface area contributed by atoms with Crippen molar-refractivity contribution in [2.24, 2.45) is 5.73 Å². The largest absolute Gasteiger partial charge is 0.366 e. The first-order valence-corrected chi connectivity index (χ1v) is 7.93. The zero-order valence-electron chi connectivity index (χ0n) is 9.76. The van der Waals surface area contributed by atoms with Crippen LogP contribution in [-0.4, -0.2) is 44.8 Å². The Balaban J connectivity index is 2.25. The average molecular weight is 289 g/mol. The zero-order chi connectivity index (χ0) is 13.2. The lowest BCUT2D eigenvalue weighted by atomic mass is 10.3. The summed E-state index contributed by atoms with van der Waals surface area (Å²) in [7, 11) is -3.49. The molecule has 6 nitrogen and oxygen atoms in total. The van der Waals surface area contributed by atoms with Crippen LogP contribution >= 0.6 is 11.3 Å². The van der Waals surface area contributed by atoms with Gasteiger partial charge in [-0.3, -0.25) is 4.79 Å². The number of hydrogen-bond acceptors (Lipinski definition) is 5. The van der Waals surface area contributed by atoms with Crippen LogP contribution in [0, 0.1) is 0 Å². The summed E-state index contributed by atoms with van der Waals surface area (Å²) in [5.41, 5.74) is 5.37. The maximum atomic E-state index is 12.3. The van der Waals surface area contributed by atoms with E-state index in [1.54, 1.807) is 0 Å². The summed E-state index contributed by atoms with van der Waals surface area (Å²) in [6.07, 6.45) is 0.785. The predicted octanol–water partition coefficient (Wildman–Crippen LogP) is -0.169. The Morgan fingerprint density at radius 2 is 2.17 bits per heavy atom. The average Bonchev–Trinajstić information content (AvgIpc) is 2.66. The Morgan fingerprint density at radius 3 is 2.83 bits per heavy atom. The molecule has 0 atom stereocenters. The highest BCUT2D eigenvalue weighted by Crippen LogP contribution is 2.24. The van der Waals surface area contributed by atoms with Crippen molar-refractivity contribution in [1.82, 2.24) is 9.62 Å². The van der Waals surface area contributed by atoms with Crippen LogP contribution in [0.25, 0.3) is 0 Å². The second-order valence-corrected chi connectivity index (χ2v) is 7.10. The molecule has 0 bridgehead atoms. The quantitative estimate of drug-likeness (QED) is 0.808. The van der Waals surface area contributed by atoms with E-state index in [9.17, 15) is 13.2 Å². The molecule has 1 aliphatic rings. The first-order valence-electron chi connectivity index (χ1n) is 5.61. The van der Waals surface area contributed by atoms with Gasteiger partial charge in [0.2, 0.25) is 5.91 Å². The van der Waals surface area contributed by atoms with Crippen molar-refractivity contribution in [3.8, 4) is 0 Å². The van der Waals surface area contributed by atoms with E-state index in [1.165, 1.54) is 15.8 Å². The molecule has 0 aliphatic carbocycles. The molecule has 8 heteroatoms. The van der Waals surface area contributed by atoms with Gasteiger partial charge in [0, 0.05) is 25.0 Å². The van der Waals surface area contributed by atoms with Gasteiger partial charge in [0.1, 0.15) is 4.21 Å². The molecule has 0 aromatic carbocycles. The van der Waals surface area contributed by atoms with Crippen molar-refractivity contribution >= 4 is 27.3 Å². The minimum absolute atomic E-state index is 0.179. The molecule has 0 unspecified atom stereocenters. The number of amides is 1. The fourth-order valence-electron chi connectivity index (χ4n) is 1.77. The monoisotopic (exact) mass is 289 g/mol. The summed E-state index contributed by atoms with van der Waals surface area (Å²) >= 11 is 1.03. The molecule has 1 saturated heterocycles.